The third-order valence-corrected chi connectivity index (χ3v) is 6.25. The number of nitrogens with one attached hydrogen (secondary N) is 1. The first-order chi connectivity index (χ1) is 9.86. The van der Waals surface area contributed by atoms with Crippen LogP contribution in [0.5, 0.6) is 0 Å². The summed E-state index contributed by atoms with van der Waals surface area (Å²) < 4.78 is 0. The van der Waals surface area contributed by atoms with E-state index in [0.717, 1.165) is 17.9 Å². The molecule has 1 aliphatic heterocycles. The Balaban J connectivity index is 1.45. The molecule has 1 aromatic carbocycles. The van der Waals surface area contributed by atoms with Gasteiger partial charge in [-0.15, -0.1) is 11.8 Å². The number of rotatable bonds is 5. The van der Waals surface area contributed by atoms with Gasteiger partial charge >= 0.3 is 0 Å². The lowest BCUT2D eigenvalue weighted by molar-refractivity contribution is 0.277. The van der Waals surface area contributed by atoms with Crippen molar-refractivity contribution >= 4 is 11.8 Å². The fraction of sp³-hybridized carbons (Fsp3) is 0.667. The molecule has 0 spiro atoms. The zero-order chi connectivity index (χ0) is 13.8. The summed E-state index contributed by atoms with van der Waals surface area (Å²) in [7, 11) is 0. The molecule has 1 fully saturated rings. The van der Waals surface area contributed by atoms with E-state index in [9.17, 15) is 0 Å². The van der Waals surface area contributed by atoms with E-state index in [1.807, 2.05) is 11.8 Å². The van der Waals surface area contributed by atoms with Gasteiger partial charge in [0.25, 0.3) is 0 Å². The number of fused-ring (bicyclic) bond motifs is 1. The minimum absolute atomic E-state index is 0.726. The van der Waals surface area contributed by atoms with Crippen LogP contribution in [-0.4, -0.2) is 18.3 Å². The molecule has 1 aromatic rings. The van der Waals surface area contributed by atoms with E-state index in [1.54, 1.807) is 5.56 Å². The molecule has 20 heavy (non-hydrogen) atoms. The summed E-state index contributed by atoms with van der Waals surface area (Å²) in [4.78, 5) is 1.51. The Kier molecular flexibility index (Phi) is 5.06. The van der Waals surface area contributed by atoms with Crippen molar-refractivity contribution in [3.8, 4) is 0 Å². The molecule has 0 aromatic heterocycles. The molecule has 2 heteroatoms. The van der Waals surface area contributed by atoms with E-state index in [-0.39, 0.29) is 0 Å². The summed E-state index contributed by atoms with van der Waals surface area (Å²) in [5, 5.41) is 3.85. The molecule has 1 aliphatic carbocycles. The van der Waals surface area contributed by atoms with Gasteiger partial charge in [0.15, 0.2) is 0 Å². The lowest BCUT2D eigenvalue weighted by Gasteiger charge is -2.30. The molecular formula is C18H27NS. The van der Waals surface area contributed by atoms with Crippen LogP contribution in [0.4, 0.5) is 0 Å². The Morgan fingerprint density at radius 3 is 2.75 bits per heavy atom. The minimum Gasteiger partial charge on any atom is -0.313 e. The van der Waals surface area contributed by atoms with E-state index < -0.39 is 0 Å². The first kappa shape index (κ1) is 14.5. The maximum atomic E-state index is 3.85. The highest BCUT2D eigenvalue weighted by molar-refractivity contribution is 7.99. The Bertz CT molecular complexity index is 423. The summed E-state index contributed by atoms with van der Waals surface area (Å²) >= 11 is 2.03. The number of benzene rings is 1. The maximum Gasteiger partial charge on any atom is 0.0108 e. The molecule has 1 atom stereocenters. The lowest BCUT2D eigenvalue weighted by Crippen LogP contribution is -2.36. The Morgan fingerprint density at radius 2 is 1.95 bits per heavy atom. The standard InChI is InChI=1S/C18H27NS/c1-2-5-14-8-10-16(11-9-14)19-12-15-13-20-18-7-4-3-6-17(15)18/h3-4,6-7,14-16,19H,2,5,8-13H2,1H3. The lowest BCUT2D eigenvalue weighted by atomic mass is 9.83. The summed E-state index contributed by atoms with van der Waals surface area (Å²) in [6, 6.07) is 9.72. The maximum absolute atomic E-state index is 3.85. The summed E-state index contributed by atoms with van der Waals surface area (Å²) in [6.45, 7) is 3.49. The second kappa shape index (κ2) is 7.00. The van der Waals surface area contributed by atoms with Crippen molar-refractivity contribution in [3.05, 3.63) is 29.8 Å². The number of hydrogen-bond acceptors (Lipinski definition) is 2. The highest BCUT2D eigenvalue weighted by Gasteiger charge is 2.25. The first-order valence-corrected chi connectivity index (χ1v) is 9.30. The quantitative estimate of drug-likeness (QED) is 0.833. The molecule has 1 heterocycles. The molecule has 0 radical (unpaired) electrons. The van der Waals surface area contributed by atoms with Crippen molar-refractivity contribution in [1.29, 1.82) is 0 Å². The average molecular weight is 289 g/mol. The SMILES string of the molecule is CCCC1CCC(NCC2CSc3ccccc32)CC1. The molecule has 1 saturated carbocycles. The zero-order valence-corrected chi connectivity index (χ0v) is 13.4. The van der Waals surface area contributed by atoms with Gasteiger partial charge in [-0.3, -0.25) is 0 Å². The van der Waals surface area contributed by atoms with Crippen LogP contribution in [0.25, 0.3) is 0 Å². The third-order valence-electron chi connectivity index (χ3n) is 5.00. The van der Waals surface area contributed by atoms with E-state index in [2.05, 4.69) is 36.5 Å². The van der Waals surface area contributed by atoms with Gasteiger partial charge in [-0.05, 0) is 43.2 Å². The topological polar surface area (TPSA) is 12.0 Å². The Hall–Kier alpha value is -0.470. The highest BCUT2D eigenvalue weighted by atomic mass is 32.2. The summed E-state index contributed by atoms with van der Waals surface area (Å²) in [5.74, 6) is 3.00. The van der Waals surface area contributed by atoms with Crippen LogP contribution in [0, 0.1) is 5.92 Å². The van der Waals surface area contributed by atoms with Gasteiger partial charge in [-0.1, -0.05) is 38.0 Å². The van der Waals surface area contributed by atoms with E-state index in [1.165, 1.54) is 55.7 Å². The van der Waals surface area contributed by atoms with Gasteiger partial charge in [0, 0.05) is 29.2 Å². The van der Waals surface area contributed by atoms with Crippen molar-refractivity contribution < 1.29 is 0 Å². The average Bonchev–Trinajstić information content (AvgIpc) is 2.90. The predicted octanol–water partition coefficient (Wildman–Crippen LogP) is 4.82. The third kappa shape index (κ3) is 3.40. The minimum atomic E-state index is 0.726. The van der Waals surface area contributed by atoms with Crippen LogP contribution in [0.2, 0.25) is 0 Å². The van der Waals surface area contributed by atoms with Crippen LogP contribution in [0.15, 0.2) is 29.2 Å². The molecule has 0 amide bonds. The Morgan fingerprint density at radius 1 is 1.15 bits per heavy atom. The predicted molar refractivity (Wildman–Crippen MR) is 88.6 cm³/mol. The van der Waals surface area contributed by atoms with E-state index >= 15 is 0 Å². The van der Waals surface area contributed by atoms with E-state index in [0.29, 0.717) is 0 Å². The van der Waals surface area contributed by atoms with Crippen LogP contribution in [0.1, 0.15) is 56.9 Å². The summed E-state index contributed by atoms with van der Waals surface area (Å²) in [6.07, 6.45) is 8.49. The van der Waals surface area contributed by atoms with Crippen molar-refractivity contribution in [3.63, 3.8) is 0 Å². The molecule has 1 N–H and O–H groups in total. The molecule has 2 aliphatic rings. The fourth-order valence-electron chi connectivity index (χ4n) is 3.77. The van der Waals surface area contributed by atoms with Crippen molar-refractivity contribution in [1.82, 2.24) is 5.32 Å². The molecular weight excluding hydrogens is 262 g/mol. The molecule has 1 unspecified atom stereocenters. The van der Waals surface area contributed by atoms with Crippen LogP contribution in [-0.2, 0) is 0 Å². The molecule has 0 bridgehead atoms. The normalized spacial score (nSPS) is 29.4. The van der Waals surface area contributed by atoms with Crippen LogP contribution < -0.4 is 5.32 Å². The van der Waals surface area contributed by atoms with E-state index in [4.69, 9.17) is 0 Å². The smallest absolute Gasteiger partial charge is 0.0108 e. The van der Waals surface area contributed by atoms with Crippen LogP contribution >= 0.6 is 11.8 Å². The second-order valence-electron chi connectivity index (χ2n) is 6.46. The largest absolute Gasteiger partial charge is 0.313 e. The summed E-state index contributed by atoms with van der Waals surface area (Å²) in [5.41, 5.74) is 1.57. The number of hydrogen-bond donors (Lipinski definition) is 1. The number of thioether (sulfide) groups is 1. The molecule has 3 rings (SSSR count). The van der Waals surface area contributed by atoms with Crippen molar-refractivity contribution in [2.75, 3.05) is 12.3 Å². The zero-order valence-electron chi connectivity index (χ0n) is 12.6. The Labute approximate surface area is 127 Å². The molecule has 1 nitrogen and oxygen atoms in total. The monoisotopic (exact) mass is 289 g/mol. The van der Waals surface area contributed by atoms with Gasteiger partial charge in [0.2, 0.25) is 0 Å². The van der Waals surface area contributed by atoms with Gasteiger partial charge in [-0.2, -0.15) is 0 Å². The highest BCUT2D eigenvalue weighted by Crippen LogP contribution is 2.39. The van der Waals surface area contributed by atoms with Gasteiger partial charge in [0.05, 0.1) is 0 Å². The molecule has 110 valence electrons. The van der Waals surface area contributed by atoms with Gasteiger partial charge in [0.1, 0.15) is 0 Å². The molecule has 0 saturated heterocycles. The first-order valence-electron chi connectivity index (χ1n) is 8.32. The van der Waals surface area contributed by atoms with Gasteiger partial charge < -0.3 is 5.32 Å². The van der Waals surface area contributed by atoms with Crippen molar-refractivity contribution in [2.24, 2.45) is 5.92 Å². The van der Waals surface area contributed by atoms with Crippen LogP contribution in [0.3, 0.4) is 0 Å². The second-order valence-corrected chi connectivity index (χ2v) is 7.52. The fourth-order valence-corrected chi connectivity index (χ4v) is 5.03. The van der Waals surface area contributed by atoms with Gasteiger partial charge in [-0.25, -0.2) is 0 Å². The van der Waals surface area contributed by atoms with Crippen molar-refractivity contribution in [2.45, 2.75) is 62.3 Å².